The Morgan fingerprint density at radius 3 is 2.47 bits per heavy atom. The lowest BCUT2D eigenvalue weighted by Crippen LogP contribution is -2.48. The summed E-state index contributed by atoms with van der Waals surface area (Å²) in [5.74, 6) is -0.102. The summed E-state index contributed by atoms with van der Waals surface area (Å²) in [4.78, 5) is 12.1. The van der Waals surface area contributed by atoms with Crippen molar-refractivity contribution in [2.24, 2.45) is 0 Å². The van der Waals surface area contributed by atoms with Gasteiger partial charge in [0.1, 0.15) is 4.34 Å². The minimum atomic E-state index is -0.102. The van der Waals surface area contributed by atoms with Crippen LogP contribution in [0.2, 0.25) is 8.67 Å². The predicted octanol–water partition coefficient (Wildman–Crippen LogP) is 3.49. The highest BCUT2D eigenvalue weighted by Gasteiger charge is 2.34. The van der Waals surface area contributed by atoms with E-state index < -0.39 is 0 Å². The van der Waals surface area contributed by atoms with Crippen molar-refractivity contribution in [3.05, 3.63) is 20.3 Å². The Balaban J connectivity index is 0.00000133. The van der Waals surface area contributed by atoms with Crippen LogP contribution in [-0.4, -0.2) is 24.0 Å². The number of carbonyl (C=O) groups is 1. The minimum absolute atomic E-state index is 0. The van der Waals surface area contributed by atoms with Crippen molar-refractivity contribution in [3.8, 4) is 0 Å². The summed E-state index contributed by atoms with van der Waals surface area (Å²) in [5.41, 5.74) is 0.498. The molecule has 0 radical (unpaired) electrons. The maximum absolute atomic E-state index is 12.1. The van der Waals surface area contributed by atoms with E-state index in [-0.39, 0.29) is 24.4 Å². The molecule has 1 aromatic rings. The second kappa shape index (κ2) is 6.19. The van der Waals surface area contributed by atoms with Crippen molar-refractivity contribution >= 4 is 52.9 Å². The third-order valence-electron chi connectivity index (χ3n) is 3.71. The zero-order valence-corrected chi connectivity index (χ0v) is 13.3. The largest absolute Gasteiger partial charge is 0.349 e. The molecule has 106 valence electrons. The number of halogens is 3. The fourth-order valence-corrected chi connectivity index (χ4v) is 4.39. The number of rotatable bonds is 2. The summed E-state index contributed by atoms with van der Waals surface area (Å²) in [5, 5.41) is 6.63. The third kappa shape index (κ3) is 3.37. The van der Waals surface area contributed by atoms with Crippen molar-refractivity contribution in [1.82, 2.24) is 10.6 Å². The fourth-order valence-electron chi connectivity index (χ4n) is 2.93. The molecule has 2 fully saturated rings. The molecule has 2 atom stereocenters. The first kappa shape index (κ1) is 15.4. The Morgan fingerprint density at radius 2 is 1.95 bits per heavy atom. The van der Waals surface area contributed by atoms with Crippen molar-refractivity contribution in [1.29, 1.82) is 0 Å². The van der Waals surface area contributed by atoms with Crippen LogP contribution >= 0.6 is 46.9 Å². The average molecular weight is 342 g/mol. The lowest BCUT2D eigenvalue weighted by molar-refractivity contribution is 0.0924. The second-order valence-corrected chi connectivity index (χ2v) is 7.30. The summed E-state index contributed by atoms with van der Waals surface area (Å²) < 4.78 is 1.02. The molecule has 2 unspecified atom stereocenters. The molecule has 3 rings (SSSR count). The summed E-state index contributed by atoms with van der Waals surface area (Å²) in [6.07, 6.45) is 4.47. The van der Waals surface area contributed by atoms with Crippen LogP contribution < -0.4 is 10.6 Å². The van der Waals surface area contributed by atoms with Gasteiger partial charge in [-0.2, -0.15) is 0 Å². The average Bonchev–Trinajstić information content (AvgIpc) is 2.81. The lowest BCUT2D eigenvalue weighted by atomic mass is 9.99. The van der Waals surface area contributed by atoms with Gasteiger partial charge in [0.05, 0.1) is 9.90 Å². The molecule has 3 nitrogen and oxygen atoms in total. The van der Waals surface area contributed by atoms with Gasteiger partial charge in [0.15, 0.2) is 0 Å². The zero-order valence-electron chi connectivity index (χ0n) is 10.1. The van der Waals surface area contributed by atoms with E-state index in [1.165, 1.54) is 24.2 Å². The standard InChI is InChI=1S/C12H14Cl2N2OS.ClH/c13-10-5-9(11(14)18-10)12(17)16-8-3-6-1-2-7(4-8)15-6;/h5-8,15H,1-4H2,(H,16,17);1H. The molecule has 0 saturated carbocycles. The van der Waals surface area contributed by atoms with Crippen LogP contribution in [0.25, 0.3) is 0 Å². The monoisotopic (exact) mass is 340 g/mol. The first-order valence-corrected chi connectivity index (χ1v) is 7.71. The quantitative estimate of drug-likeness (QED) is 0.864. The fraction of sp³-hybridized carbons (Fsp3) is 0.583. The van der Waals surface area contributed by atoms with Gasteiger partial charge in [0.25, 0.3) is 5.91 Å². The van der Waals surface area contributed by atoms with Crippen LogP contribution in [0.4, 0.5) is 0 Å². The van der Waals surface area contributed by atoms with Gasteiger partial charge in [-0.1, -0.05) is 23.2 Å². The number of fused-ring (bicyclic) bond motifs is 2. The first-order valence-electron chi connectivity index (χ1n) is 6.13. The molecule has 2 aliphatic rings. The van der Waals surface area contributed by atoms with E-state index in [1.54, 1.807) is 6.07 Å². The molecule has 1 amide bonds. The van der Waals surface area contributed by atoms with E-state index in [0.717, 1.165) is 12.8 Å². The Bertz CT molecular complexity index is 468. The molecule has 2 bridgehead atoms. The van der Waals surface area contributed by atoms with Gasteiger partial charge >= 0.3 is 0 Å². The van der Waals surface area contributed by atoms with Crippen LogP contribution in [0.1, 0.15) is 36.0 Å². The third-order valence-corrected chi connectivity index (χ3v) is 5.20. The van der Waals surface area contributed by atoms with E-state index in [9.17, 15) is 4.79 Å². The number of thiophene rings is 1. The highest BCUT2D eigenvalue weighted by molar-refractivity contribution is 7.20. The molecule has 0 aliphatic carbocycles. The van der Waals surface area contributed by atoms with Gasteiger partial charge < -0.3 is 10.6 Å². The van der Waals surface area contributed by atoms with Crippen molar-refractivity contribution in [3.63, 3.8) is 0 Å². The molecular weight excluding hydrogens is 327 g/mol. The molecule has 2 N–H and O–H groups in total. The lowest BCUT2D eigenvalue weighted by Gasteiger charge is -2.29. The Labute approximate surface area is 132 Å². The van der Waals surface area contributed by atoms with Crippen LogP contribution in [-0.2, 0) is 0 Å². The summed E-state index contributed by atoms with van der Waals surface area (Å²) in [6.45, 7) is 0. The first-order chi connectivity index (χ1) is 8.61. The SMILES string of the molecule is Cl.O=C(NC1CC2CCC(C1)N2)c1cc(Cl)sc1Cl. The summed E-state index contributed by atoms with van der Waals surface area (Å²) in [7, 11) is 0. The van der Waals surface area contributed by atoms with Crippen molar-refractivity contribution in [2.75, 3.05) is 0 Å². The van der Waals surface area contributed by atoms with Gasteiger partial charge in [0.2, 0.25) is 0 Å². The number of amides is 1. The Hall–Kier alpha value is -0.0000000000000000555. The van der Waals surface area contributed by atoms with Crippen molar-refractivity contribution in [2.45, 2.75) is 43.8 Å². The van der Waals surface area contributed by atoms with Crippen LogP contribution in [0.5, 0.6) is 0 Å². The number of carbonyl (C=O) groups excluding carboxylic acids is 1. The van der Waals surface area contributed by atoms with E-state index in [1.807, 2.05) is 0 Å². The number of nitrogens with one attached hydrogen (secondary N) is 2. The highest BCUT2D eigenvalue weighted by atomic mass is 35.5. The smallest absolute Gasteiger partial charge is 0.253 e. The summed E-state index contributed by atoms with van der Waals surface area (Å²) >= 11 is 13.1. The second-order valence-electron chi connectivity index (χ2n) is 5.02. The van der Waals surface area contributed by atoms with E-state index in [0.29, 0.717) is 26.3 Å². The van der Waals surface area contributed by atoms with E-state index in [2.05, 4.69) is 10.6 Å². The molecule has 7 heteroatoms. The molecule has 0 spiro atoms. The molecular formula is C12H15Cl3N2OS. The highest BCUT2D eigenvalue weighted by Crippen LogP contribution is 2.32. The predicted molar refractivity (Wildman–Crippen MR) is 82.0 cm³/mol. The number of hydrogen-bond acceptors (Lipinski definition) is 3. The molecule has 2 saturated heterocycles. The number of hydrogen-bond donors (Lipinski definition) is 2. The van der Waals surface area contributed by atoms with Gasteiger partial charge in [0, 0.05) is 18.1 Å². The van der Waals surface area contributed by atoms with Gasteiger partial charge in [-0.05, 0) is 31.7 Å². The van der Waals surface area contributed by atoms with Gasteiger partial charge in [-0.25, -0.2) is 0 Å². The normalized spacial score (nSPS) is 28.8. The molecule has 3 heterocycles. The maximum Gasteiger partial charge on any atom is 0.253 e. The molecule has 0 aromatic carbocycles. The maximum atomic E-state index is 12.1. The van der Waals surface area contributed by atoms with Crippen molar-refractivity contribution < 1.29 is 4.79 Å². The Kier molecular flexibility index (Phi) is 5.01. The summed E-state index contributed by atoms with van der Waals surface area (Å²) in [6, 6.07) is 3.02. The van der Waals surface area contributed by atoms with Gasteiger partial charge in [-0.3, -0.25) is 4.79 Å². The Morgan fingerprint density at radius 1 is 1.32 bits per heavy atom. The van der Waals surface area contributed by atoms with Crippen LogP contribution in [0.3, 0.4) is 0 Å². The molecule has 1 aromatic heterocycles. The van der Waals surface area contributed by atoms with E-state index >= 15 is 0 Å². The zero-order chi connectivity index (χ0) is 12.7. The van der Waals surface area contributed by atoms with Crippen LogP contribution in [0.15, 0.2) is 6.07 Å². The molecule has 19 heavy (non-hydrogen) atoms. The topological polar surface area (TPSA) is 41.1 Å². The number of piperidine rings is 1. The minimum Gasteiger partial charge on any atom is -0.349 e. The molecule has 2 aliphatic heterocycles. The van der Waals surface area contributed by atoms with Crippen LogP contribution in [0, 0.1) is 0 Å². The van der Waals surface area contributed by atoms with E-state index in [4.69, 9.17) is 23.2 Å². The van der Waals surface area contributed by atoms with Gasteiger partial charge in [-0.15, -0.1) is 23.7 Å².